The molecule has 168 valence electrons. The zero-order valence-corrected chi connectivity index (χ0v) is 18.9. The number of rotatable bonds is 6. The molecule has 0 spiro atoms. The number of nitrogens with one attached hydrogen (secondary N) is 1. The Bertz CT molecular complexity index is 1220. The van der Waals surface area contributed by atoms with Gasteiger partial charge < -0.3 is 20.5 Å². The van der Waals surface area contributed by atoms with E-state index in [1.807, 2.05) is 60.0 Å². The largest absolute Gasteiger partial charge is 0.454 e. The number of amides is 1. The first-order chi connectivity index (χ1) is 16.1. The fourth-order valence-electron chi connectivity index (χ4n) is 4.02. The molecule has 0 atom stereocenters. The molecule has 2 aromatic carbocycles. The molecule has 1 saturated heterocycles. The zero-order valence-electron chi connectivity index (χ0n) is 18.1. The van der Waals surface area contributed by atoms with E-state index in [1.165, 1.54) is 11.1 Å². The van der Waals surface area contributed by atoms with Gasteiger partial charge in [0, 0.05) is 30.6 Å². The van der Waals surface area contributed by atoms with Crippen LogP contribution in [0.3, 0.4) is 0 Å². The maximum Gasteiger partial charge on any atom is 0.248 e. The van der Waals surface area contributed by atoms with Crippen molar-refractivity contribution in [3.63, 3.8) is 0 Å². The first-order valence-corrected chi connectivity index (χ1v) is 11.7. The van der Waals surface area contributed by atoms with E-state index < -0.39 is 0 Å². The van der Waals surface area contributed by atoms with Gasteiger partial charge in [0.05, 0.1) is 11.4 Å². The summed E-state index contributed by atoms with van der Waals surface area (Å²) in [6.07, 6.45) is 6.38. The molecule has 0 unspecified atom stereocenters. The van der Waals surface area contributed by atoms with Crippen molar-refractivity contribution in [2.24, 2.45) is 0 Å². The van der Waals surface area contributed by atoms with Crippen molar-refractivity contribution in [2.45, 2.75) is 13.0 Å². The highest BCUT2D eigenvalue weighted by Crippen LogP contribution is 2.33. The van der Waals surface area contributed by atoms with Gasteiger partial charge in [-0.1, -0.05) is 35.9 Å². The van der Waals surface area contributed by atoms with Gasteiger partial charge in [0.15, 0.2) is 11.5 Å². The second kappa shape index (κ2) is 9.52. The number of benzene rings is 2. The quantitative estimate of drug-likeness (QED) is 0.398. The minimum Gasteiger partial charge on any atom is -0.454 e. The lowest BCUT2D eigenvalue weighted by atomic mass is 10.1. The molecule has 1 fully saturated rings. The van der Waals surface area contributed by atoms with E-state index in [2.05, 4.69) is 16.3 Å². The van der Waals surface area contributed by atoms with Gasteiger partial charge in [-0.2, -0.15) is 0 Å². The number of carbonyl (C=O) groups is 1. The molecule has 3 N–H and O–H groups in total. The maximum absolute atomic E-state index is 12.4. The number of carbonyl (C=O) groups excluding carboxylic acids is 1. The zero-order chi connectivity index (χ0) is 22.6. The summed E-state index contributed by atoms with van der Waals surface area (Å²) in [6, 6.07) is 15.8. The third kappa shape index (κ3) is 5.10. The molecule has 1 aromatic heterocycles. The van der Waals surface area contributed by atoms with Crippen LogP contribution in [0.2, 0.25) is 0 Å². The number of thiophene rings is 1. The van der Waals surface area contributed by atoms with Crippen LogP contribution < -0.4 is 20.5 Å². The second-order valence-corrected chi connectivity index (χ2v) is 9.05. The van der Waals surface area contributed by atoms with Crippen LogP contribution in [-0.4, -0.2) is 30.7 Å². The molecule has 2 aliphatic rings. The van der Waals surface area contributed by atoms with Crippen molar-refractivity contribution < 1.29 is 14.3 Å². The van der Waals surface area contributed by atoms with Crippen molar-refractivity contribution in [1.82, 2.24) is 4.90 Å². The van der Waals surface area contributed by atoms with Crippen molar-refractivity contribution in [2.75, 3.05) is 30.9 Å². The van der Waals surface area contributed by atoms with E-state index in [-0.39, 0.29) is 5.91 Å². The lowest BCUT2D eigenvalue weighted by Gasteiger charge is -2.14. The fraction of sp³-hybridized carbons (Fsp3) is 0.192. The number of fused-ring (bicyclic) bond motifs is 1. The Labute approximate surface area is 196 Å². The third-order valence-electron chi connectivity index (χ3n) is 5.72. The van der Waals surface area contributed by atoms with Crippen LogP contribution >= 0.6 is 11.3 Å². The molecule has 0 aliphatic carbocycles. The van der Waals surface area contributed by atoms with E-state index in [0.717, 1.165) is 48.0 Å². The maximum atomic E-state index is 12.4. The number of ether oxygens (including phenoxy) is 2. The summed E-state index contributed by atoms with van der Waals surface area (Å²) in [5.41, 5.74) is 10.8. The van der Waals surface area contributed by atoms with Gasteiger partial charge in [-0.15, -0.1) is 11.3 Å². The first kappa shape index (κ1) is 21.3. The Morgan fingerprint density at radius 2 is 2.06 bits per heavy atom. The Hall–Kier alpha value is -3.55. The van der Waals surface area contributed by atoms with Crippen LogP contribution in [-0.2, 0) is 11.3 Å². The van der Waals surface area contributed by atoms with Gasteiger partial charge in [-0.05, 0) is 53.3 Å². The van der Waals surface area contributed by atoms with E-state index in [4.69, 9.17) is 15.2 Å². The molecule has 0 saturated carbocycles. The number of nitrogens with two attached hydrogens (primary N) is 1. The summed E-state index contributed by atoms with van der Waals surface area (Å²) in [5, 5.41) is 4.92. The molecule has 33 heavy (non-hydrogen) atoms. The van der Waals surface area contributed by atoms with Gasteiger partial charge in [0.2, 0.25) is 12.7 Å². The Kier molecular flexibility index (Phi) is 6.15. The Morgan fingerprint density at radius 1 is 1.15 bits per heavy atom. The molecule has 0 radical (unpaired) electrons. The highest BCUT2D eigenvalue weighted by atomic mass is 32.1. The summed E-state index contributed by atoms with van der Waals surface area (Å²) in [6.45, 7) is 3.03. The summed E-state index contributed by atoms with van der Waals surface area (Å²) in [7, 11) is 0. The number of allylic oxidation sites excluding steroid dienone is 2. The summed E-state index contributed by atoms with van der Waals surface area (Å²) < 4.78 is 10.8. The summed E-state index contributed by atoms with van der Waals surface area (Å²) in [4.78, 5) is 15.9. The minimum atomic E-state index is -0.197. The lowest BCUT2D eigenvalue weighted by molar-refractivity contribution is -0.111. The van der Waals surface area contributed by atoms with Crippen molar-refractivity contribution in [3.05, 3.63) is 83.3 Å². The van der Waals surface area contributed by atoms with Gasteiger partial charge in [-0.25, -0.2) is 0 Å². The SMILES string of the molecule is Nc1ccc(-c2cccs2)cc1NC(=O)/C=C/C=C1CCN(Cc2ccc3c(c2)OCO3)C1. The average Bonchev–Trinajstić information content (AvgIpc) is 3.57. The molecule has 3 aromatic rings. The number of anilines is 2. The van der Waals surface area contributed by atoms with Crippen molar-refractivity contribution in [1.29, 1.82) is 0 Å². The Morgan fingerprint density at radius 3 is 2.94 bits per heavy atom. The molecule has 6 nitrogen and oxygen atoms in total. The van der Waals surface area contributed by atoms with Crippen LogP contribution in [0.25, 0.3) is 10.4 Å². The normalized spacial score (nSPS) is 16.7. The van der Waals surface area contributed by atoms with Gasteiger partial charge in [0.1, 0.15) is 0 Å². The number of likely N-dealkylation sites (tertiary alicyclic amines) is 1. The van der Waals surface area contributed by atoms with Crippen LogP contribution in [0.4, 0.5) is 11.4 Å². The molecule has 3 heterocycles. The monoisotopic (exact) mass is 459 g/mol. The number of hydrogen-bond donors (Lipinski definition) is 2. The third-order valence-corrected chi connectivity index (χ3v) is 6.63. The van der Waals surface area contributed by atoms with E-state index in [1.54, 1.807) is 17.4 Å². The highest BCUT2D eigenvalue weighted by molar-refractivity contribution is 7.13. The van der Waals surface area contributed by atoms with Crippen molar-refractivity contribution >= 4 is 28.6 Å². The fourth-order valence-corrected chi connectivity index (χ4v) is 4.75. The van der Waals surface area contributed by atoms with Crippen LogP contribution in [0.1, 0.15) is 12.0 Å². The molecular weight excluding hydrogens is 434 g/mol. The van der Waals surface area contributed by atoms with E-state index in [0.29, 0.717) is 18.2 Å². The number of nitrogens with zero attached hydrogens (tertiary/aromatic N) is 1. The standard InChI is InChI=1S/C26H25N3O3S/c27-21-8-7-20(25-4-2-12-33-25)14-22(21)28-26(30)5-1-3-18-10-11-29(15-18)16-19-6-9-23-24(13-19)32-17-31-23/h1-9,12-14H,10-11,15-17,27H2,(H,28,30)/b5-1+,18-3?. The molecule has 7 heteroatoms. The van der Waals surface area contributed by atoms with Crippen LogP contribution in [0.5, 0.6) is 11.5 Å². The molecule has 5 rings (SSSR count). The van der Waals surface area contributed by atoms with Crippen molar-refractivity contribution in [3.8, 4) is 21.9 Å². The second-order valence-electron chi connectivity index (χ2n) is 8.10. The summed E-state index contributed by atoms with van der Waals surface area (Å²) >= 11 is 1.65. The lowest BCUT2D eigenvalue weighted by Crippen LogP contribution is -2.18. The average molecular weight is 460 g/mol. The number of hydrogen-bond acceptors (Lipinski definition) is 6. The smallest absolute Gasteiger partial charge is 0.248 e. The topological polar surface area (TPSA) is 76.8 Å². The van der Waals surface area contributed by atoms with Crippen LogP contribution in [0.15, 0.2) is 77.7 Å². The summed E-state index contributed by atoms with van der Waals surface area (Å²) in [5.74, 6) is 1.43. The van der Waals surface area contributed by atoms with Gasteiger partial charge in [-0.3, -0.25) is 9.69 Å². The highest BCUT2D eigenvalue weighted by Gasteiger charge is 2.18. The molecule has 0 bridgehead atoms. The van der Waals surface area contributed by atoms with Gasteiger partial charge in [0.25, 0.3) is 0 Å². The van der Waals surface area contributed by atoms with Gasteiger partial charge >= 0.3 is 0 Å². The molecular formula is C26H25N3O3S. The van der Waals surface area contributed by atoms with E-state index in [9.17, 15) is 4.79 Å². The van der Waals surface area contributed by atoms with E-state index >= 15 is 0 Å². The predicted octanol–water partition coefficient (Wildman–Crippen LogP) is 5.05. The minimum absolute atomic E-state index is 0.197. The molecule has 1 amide bonds. The Balaban J connectivity index is 1.15. The predicted molar refractivity (Wildman–Crippen MR) is 132 cm³/mol. The number of nitrogen functional groups attached to an aromatic ring is 1. The van der Waals surface area contributed by atoms with Crippen LogP contribution in [0, 0.1) is 0 Å². The molecule has 2 aliphatic heterocycles. The first-order valence-electron chi connectivity index (χ1n) is 10.9.